The Morgan fingerprint density at radius 1 is 1.29 bits per heavy atom. The van der Waals surface area contributed by atoms with Gasteiger partial charge >= 0.3 is 0 Å². The van der Waals surface area contributed by atoms with E-state index >= 15 is 0 Å². The summed E-state index contributed by atoms with van der Waals surface area (Å²) in [5.74, 6) is 0. The quantitative estimate of drug-likeness (QED) is 0.832. The lowest BCUT2D eigenvalue weighted by Crippen LogP contribution is -2.35. The highest BCUT2D eigenvalue weighted by Crippen LogP contribution is 2.11. The Morgan fingerprint density at radius 2 is 1.88 bits per heavy atom. The number of nitrogens with zero attached hydrogens (tertiary/aromatic N) is 1. The number of benzene rings is 1. The molecule has 5 nitrogen and oxygen atoms in total. The summed E-state index contributed by atoms with van der Waals surface area (Å²) in [6.45, 7) is 3.49. The molecule has 1 aromatic carbocycles. The predicted octanol–water partition coefficient (Wildman–Crippen LogP) is 1.41. The summed E-state index contributed by atoms with van der Waals surface area (Å²) in [5, 5.41) is 8.50. The molecule has 0 saturated heterocycles. The zero-order valence-electron chi connectivity index (χ0n) is 9.77. The minimum absolute atomic E-state index is 0.162. The molecule has 0 spiro atoms. The van der Waals surface area contributed by atoms with Crippen molar-refractivity contribution >= 4 is 15.9 Å². The number of nitriles is 1. The van der Waals surface area contributed by atoms with Crippen LogP contribution in [0.1, 0.15) is 19.4 Å². The third-order valence-corrected chi connectivity index (χ3v) is 3.17. The van der Waals surface area contributed by atoms with E-state index in [2.05, 4.69) is 9.44 Å². The van der Waals surface area contributed by atoms with Gasteiger partial charge in [0.1, 0.15) is 0 Å². The molecule has 1 aromatic rings. The van der Waals surface area contributed by atoms with Crippen molar-refractivity contribution in [1.29, 1.82) is 5.26 Å². The molecule has 0 fully saturated rings. The molecule has 2 N–H and O–H groups in total. The Kier molecular flexibility index (Phi) is 4.49. The maximum Gasteiger partial charge on any atom is 0.299 e. The van der Waals surface area contributed by atoms with E-state index in [0.29, 0.717) is 12.1 Å². The fourth-order valence-corrected chi connectivity index (χ4v) is 2.40. The Bertz CT molecular complexity index is 501. The van der Waals surface area contributed by atoms with Crippen molar-refractivity contribution in [2.45, 2.75) is 26.3 Å². The molecule has 17 heavy (non-hydrogen) atoms. The summed E-state index contributed by atoms with van der Waals surface area (Å²) >= 11 is 0. The second-order valence-corrected chi connectivity index (χ2v) is 5.36. The van der Waals surface area contributed by atoms with Gasteiger partial charge in [-0.1, -0.05) is 12.1 Å². The van der Waals surface area contributed by atoms with Gasteiger partial charge in [0.25, 0.3) is 10.2 Å². The van der Waals surface area contributed by atoms with Crippen molar-refractivity contribution in [1.82, 2.24) is 4.72 Å². The fraction of sp³-hybridized carbons (Fsp3) is 0.364. The molecule has 92 valence electrons. The van der Waals surface area contributed by atoms with Gasteiger partial charge in [0, 0.05) is 11.7 Å². The first-order valence-corrected chi connectivity index (χ1v) is 6.67. The zero-order chi connectivity index (χ0) is 12.9. The van der Waals surface area contributed by atoms with Crippen molar-refractivity contribution < 1.29 is 8.42 Å². The van der Waals surface area contributed by atoms with Crippen LogP contribution in [0.15, 0.2) is 24.3 Å². The summed E-state index contributed by atoms with van der Waals surface area (Å²) in [6.07, 6.45) is 0.317. The topological polar surface area (TPSA) is 82.0 Å². The largest absolute Gasteiger partial charge is 0.299 e. The standard InChI is InChI=1S/C11H15N3O2S/c1-9(2)13-17(15,16)14-11-5-3-10(4-6-11)7-8-12/h3-6,9,13-14H,7H2,1-2H3. The van der Waals surface area contributed by atoms with Crippen LogP contribution in [0.3, 0.4) is 0 Å². The Morgan fingerprint density at radius 3 is 2.35 bits per heavy atom. The maximum atomic E-state index is 11.5. The van der Waals surface area contributed by atoms with Gasteiger partial charge in [-0.2, -0.15) is 18.4 Å². The van der Waals surface area contributed by atoms with Gasteiger partial charge in [0.15, 0.2) is 0 Å². The van der Waals surface area contributed by atoms with E-state index in [1.54, 1.807) is 38.1 Å². The van der Waals surface area contributed by atoms with Crippen molar-refractivity contribution in [2.75, 3.05) is 4.72 Å². The Balaban J connectivity index is 2.73. The summed E-state index contributed by atoms with van der Waals surface area (Å²) < 4.78 is 27.9. The van der Waals surface area contributed by atoms with Crippen LogP contribution in [0.5, 0.6) is 0 Å². The van der Waals surface area contributed by atoms with Crippen molar-refractivity contribution in [2.24, 2.45) is 0 Å². The highest BCUT2D eigenvalue weighted by Gasteiger charge is 2.10. The van der Waals surface area contributed by atoms with E-state index in [9.17, 15) is 8.42 Å². The SMILES string of the molecule is CC(C)NS(=O)(=O)Nc1ccc(CC#N)cc1. The molecule has 0 aromatic heterocycles. The summed E-state index contributed by atoms with van der Waals surface area (Å²) in [5.41, 5.74) is 1.33. The van der Waals surface area contributed by atoms with Crippen LogP contribution in [0.25, 0.3) is 0 Å². The average Bonchev–Trinajstić information content (AvgIpc) is 2.18. The summed E-state index contributed by atoms with van der Waals surface area (Å²) in [6, 6.07) is 8.56. The van der Waals surface area contributed by atoms with E-state index < -0.39 is 10.2 Å². The second-order valence-electron chi connectivity index (χ2n) is 3.91. The first kappa shape index (κ1) is 13.5. The number of hydrogen-bond acceptors (Lipinski definition) is 3. The molecule has 0 radical (unpaired) electrons. The molecular formula is C11H15N3O2S. The molecule has 1 rings (SSSR count). The lowest BCUT2D eigenvalue weighted by molar-refractivity contribution is 0.575. The van der Waals surface area contributed by atoms with Crippen LogP contribution in [-0.4, -0.2) is 14.5 Å². The highest BCUT2D eigenvalue weighted by molar-refractivity contribution is 7.90. The first-order valence-electron chi connectivity index (χ1n) is 5.19. The van der Waals surface area contributed by atoms with Crippen LogP contribution in [0, 0.1) is 11.3 Å². The number of nitrogens with one attached hydrogen (secondary N) is 2. The number of hydrogen-bond donors (Lipinski definition) is 2. The molecule has 0 bridgehead atoms. The van der Waals surface area contributed by atoms with Crippen LogP contribution in [0.4, 0.5) is 5.69 Å². The highest BCUT2D eigenvalue weighted by atomic mass is 32.2. The third-order valence-electron chi connectivity index (χ3n) is 1.88. The maximum absolute atomic E-state index is 11.5. The molecular weight excluding hydrogens is 238 g/mol. The molecule has 0 aliphatic rings. The van der Waals surface area contributed by atoms with Crippen molar-refractivity contribution in [3.63, 3.8) is 0 Å². The first-order chi connectivity index (χ1) is 7.93. The summed E-state index contributed by atoms with van der Waals surface area (Å²) in [7, 11) is -3.52. The smallest absolute Gasteiger partial charge is 0.271 e. The van der Waals surface area contributed by atoms with E-state index in [0.717, 1.165) is 5.56 Å². The van der Waals surface area contributed by atoms with Gasteiger partial charge in [-0.3, -0.25) is 4.72 Å². The Labute approximate surface area is 102 Å². The minimum Gasteiger partial charge on any atom is -0.271 e. The molecule has 0 aliphatic carbocycles. The van der Waals surface area contributed by atoms with Crippen molar-refractivity contribution in [3.8, 4) is 6.07 Å². The summed E-state index contributed by atoms with van der Waals surface area (Å²) in [4.78, 5) is 0. The van der Waals surface area contributed by atoms with Gasteiger partial charge < -0.3 is 0 Å². The van der Waals surface area contributed by atoms with Gasteiger partial charge in [-0.05, 0) is 31.5 Å². The molecule has 0 heterocycles. The van der Waals surface area contributed by atoms with Gasteiger partial charge in [-0.15, -0.1) is 0 Å². The zero-order valence-corrected chi connectivity index (χ0v) is 10.6. The van der Waals surface area contributed by atoms with Crippen LogP contribution >= 0.6 is 0 Å². The lowest BCUT2D eigenvalue weighted by atomic mass is 10.1. The van der Waals surface area contributed by atoms with Gasteiger partial charge in [0.2, 0.25) is 0 Å². The molecule has 0 aliphatic heterocycles. The fourth-order valence-electron chi connectivity index (χ4n) is 1.28. The normalized spacial score (nSPS) is 11.2. The number of anilines is 1. The molecule has 6 heteroatoms. The van der Waals surface area contributed by atoms with E-state index in [4.69, 9.17) is 5.26 Å². The predicted molar refractivity (Wildman–Crippen MR) is 66.6 cm³/mol. The number of rotatable bonds is 5. The van der Waals surface area contributed by atoms with Gasteiger partial charge in [-0.25, -0.2) is 0 Å². The van der Waals surface area contributed by atoms with Crippen LogP contribution in [-0.2, 0) is 16.6 Å². The second kappa shape index (κ2) is 5.66. The molecule has 0 saturated carbocycles. The van der Waals surface area contributed by atoms with Gasteiger partial charge in [0.05, 0.1) is 12.5 Å². The molecule has 0 unspecified atom stereocenters. The average molecular weight is 253 g/mol. The van der Waals surface area contributed by atoms with Crippen LogP contribution in [0.2, 0.25) is 0 Å². The van der Waals surface area contributed by atoms with Crippen molar-refractivity contribution in [3.05, 3.63) is 29.8 Å². The monoisotopic (exact) mass is 253 g/mol. The Hall–Kier alpha value is -1.58. The molecule has 0 atom stereocenters. The van der Waals surface area contributed by atoms with E-state index in [1.165, 1.54) is 0 Å². The molecule has 0 amide bonds. The lowest BCUT2D eigenvalue weighted by Gasteiger charge is -2.11. The minimum atomic E-state index is -3.52. The van der Waals surface area contributed by atoms with Crippen LogP contribution < -0.4 is 9.44 Å². The third kappa shape index (κ3) is 4.85. The van der Waals surface area contributed by atoms with E-state index in [-0.39, 0.29) is 6.04 Å². The van der Waals surface area contributed by atoms with E-state index in [1.807, 2.05) is 6.07 Å².